The molecule has 2 aromatic carbocycles. The van der Waals surface area contributed by atoms with Gasteiger partial charge in [-0.1, -0.05) is 24.3 Å². The predicted molar refractivity (Wildman–Crippen MR) is 86.0 cm³/mol. The van der Waals surface area contributed by atoms with Crippen molar-refractivity contribution < 1.29 is 4.79 Å². The molecule has 0 bridgehead atoms. The maximum absolute atomic E-state index is 12.1. The van der Waals surface area contributed by atoms with Gasteiger partial charge in [0, 0.05) is 11.3 Å². The van der Waals surface area contributed by atoms with E-state index >= 15 is 0 Å². The second-order valence-electron chi connectivity index (χ2n) is 4.57. The second kappa shape index (κ2) is 6.30. The topological polar surface area (TPSA) is 41.1 Å². The predicted octanol–water partition coefficient (Wildman–Crippen LogP) is 3.43. The van der Waals surface area contributed by atoms with E-state index in [2.05, 4.69) is 10.6 Å². The number of amides is 1. The summed E-state index contributed by atoms with van der Waals surface area (Å²) < 4.78 is 0. The van der Waals surface area contributed by atoms with Crippen molar-refractivity contribution in [3.8, 4) is 0 Å². The van der Waals surface area contributed by atoms with E-state index in [0.29, 0.717) is 10.7 Å². The number of para-hydroxylation sites is 1. The highest BCUT2D eigenvalue weighted by Gasteiger charge is 2.08. The van der Waals surface area contributed by atoms with Gasteiger partial charge in [-0.05, 0) is 61.5 Å². The number of carbonyl (C=O) groups is 1. The lowest BCUT2D eigenvalue weighted by Gasteiger charge is -2.10. The molecular formula is C16H16N2OS. The Bertz CT molecular complexity index is 638. The zero-order valence-electron chi connectivity index (χ0n) is 11.4. The molecule has 0 unspecified atom stereocenters. The fraction of sp³-hybridized carbons (Fsp3) is 0.125. The molecule has 0 saturated carbocycles. The van der Waals surface area contributed by atoms with Crippen LogP contribution in [-0.4, -0.2) is 11.0 Å². The van der Waals surface area contributed by atoms with Crippen LogP contribution in [0.15, 0.2) is 48.5 Å². The van der Waals surface area contributed by atoms with Crippen LogP contribution in [0.4, 0.5) is 5.69 Å². The Kier molecular flexibility index (Phi) is 4.48. The first-order chi connectivity index (χ1) is 9.56. The summed E-state index contributed by atoms with van der Waals surface area (Å²) in [6.45, 7) is 3.99. The SMILES string of the molecule is Cc1ccc(C(=O)NC(=S)Nc2ccccc2)cc1C. The van der Waals surface area contributed by atoms with Gasteiger partial charge in [0.25, 0.3) is 5.91 Å². The first kappa shape index (κ1) is 14.2. The zero-order chi connectivity index (χ0) is 14.5. The van der Waals surface area contributed by atoms with Gasteiger partial charge < -0.3 is 5.32 Å². The monoisotopic (exact) mass is 284 g/mol. The molecule has 0 atom stereocenters. The van der Waals surface area contributed by atoms with Crippen molar-refractivity contribution in [3.63, 3.8) is 0 Å². The summed E-state index contributed by atoms with van der Waals surface area (Å²) in [5, 5.41) is 5.93. The van der Waals surface area contributed by atoms with E-state index in [0.717, 1.165) is 16.8 Å². The van der Waals surface area contributed by atoms with Crippen LogP contribution >= 0.6 is 12.2 Å². The van der Waals surface area contributed by atoms with Crippen LogP contribution < -0.4 is 10.6 Å². The van der Waals surface area contributed by atoms with Crippen LogP contribution in [-0.2, 0) is 0 Å². The largest absolute Gasteiger partial charge is 0.332 e. The Balaban J connectivity index is 2.00. The number of carbonyl (C=O) groups excluding carboxylic acids is 1. The number of hydrogen-bond acceptors (Lipinski definition) is 2. The van der Waals surface area contributed by atoms with Crippen molar-refractivity contribution in [2.75, 3.05) is 5.32 Å². The van der Waals surface area contributed by atoms with Gasteiger partial charge in [-0.3, -0.25) is 10.1 Å². The number of hydrogen-bond donors (Lipinski definition) is 2. The molecule has 2 N–H and O–H groups in total. The number of anilines is 1. The summed E-state index contributed by atoms with van der Waals surface area (Å²) in [7, 11) is 0. The summed E-state index contributed by atoms with van der Waals surface area (Å²) in [6.07, 6.45) is 0. The van der Waals surface area contributed by atoms with Gasteiger partial charge in [-0.25, -0.2) is 0 Å². The van der Waals surface area contributed by atoms with Gasteiger partial charge in [-0.2, -0.15) is 0 Å². The minimum absolute atomic E-state index is 0.207. The molecule has 3 nitrogen and oxygen atoms in total. The molecule has 0 saturated heterocycles. The molecular weight excluding hydrogens is 268 g/mol. The number of rotatable bonds is 2. The Morgan fingerprint density at radius 2 is 1.70 bits per heavy atom. The Labute approximate surface area is 124 Å². The van der Waals surface area contributed by atoms with E-state index < -0.39 is 0 Å². The number of aryl methyl sites for hydroxylation is 2. The molecule has 0 radical (unpaired) electrons. The van der Waals surface area contributed by atoms with Crippen LogP contribution in [0.2, 0.25) is 0 Å². The van der Waals surface area contributed by atoms with E-state index in [4.69, 9.17) is 12.2 Å². The van der Waals surface area contributed by atoms with Gasteiger partial charge in [0.1, 0.15) is 0 Å². The van der Waals surface area contributed by atoms with Crippen molar-refractivity contribution >= 4 is 28.9 Å². The smallest absolute Gasteiger partial charge is 0.257 e. The molecule has 0 heterocycles. The average molecular weight is 284 g/mol. The Morgan fingerprint density at radius 1 is 1.00 bits per heavy atom. The van der Waals surface area contributed by atoms with E-state index in [1.807, 2.05) is 56.3 Å². The maximum atomic E-state index is 12.1. The van der Waals surface area contributed by atoms with Crippen LogP contribution in [0.5, 0.6) is 0 Å². The summed E-state index contributed by atoms with van der Waals surface area (Å²) in [6, 6.07) is 15.1. The van der Waals surface area contributed by atoms with Crippen molar-refractivity contribution in [3.05, 3.63) is 65.2 Å². The number of benzene rings is 2. The molecule has 0 aliphatic heterocycles. The van der Waals surface area contributed by atoms with Gasteiger partial charge in [0.05, 0.1) is 0 Å². The highest BCUT2D eigenvalue weighted by atomic mass is 32.1. The third-order valence-electron chi connectivity index (χ3n) is 3.03. The van der Waals surface area contributed by atoms with Crippen molar-refractivity contribution in [2.45, 2.75) is 13.8 Å². The zero-order valence-corrected chi connectivity index (χ0v) is 12.3. The molecule has 1 amide bonds. The van der Waals surface area contributed by atoms with Crippen molar-refractivity contribution in [1.29, 1.82) is 0 Å². The summed E-state index contributed by atoms with van der Waals surface area (Å²) in [4.78, 5) is 12.1. The molecule has 20 heavy (non-hydrogen) atoms. The first-order valence-corrected chi connectivity index (χ1v) is 6.72. The number of nitrogens with one attached hydrogen (secondary N) is 2. The van der Waals surface area contributed by atoms with Crippen LogP contribution in [0.3, 0.4) is 0 Å². The molecule has 0 spiro atoms. The van der Waals surface area contributed by atoms with Gasteiger partial charge in [0.2, 0.25) is 0 Å². The highest BCUT2D eigenvalue weighted by molar-refractivity contribution is 7.80. The second-order valence-corrected chi connectivity index (χ2v) is 4.98. The number of thiocarbonyl (C=S) groups is 1. The lowest BCUT2D eigenvalue weighted by molar-refractivity contribution is 0.0977. The standard InChI is InChI=1S/C16H16N2OS/c1-11-8-9-13(10-12(11)2)15(19)18-16(20)17-14-6-4-3-5-7-14/h3-10H,1-2H3,(H2,17,18,19,20). The molecule has 0 aliphatic rings. The third-order valence-corrected chi connectivity index (χ3v) is 3.23. The van der Waals surface area contributed by atoms with E-state index in [1.165, 1.54) is 0 Å². The lowest BCUT2D eigenvalue weighted by Crippen LogP contribution is -2.34. The van der Waals surface area contributed by atoms with Crippen LogP contribution in [0.25, 0.3) is 0 Å². The molecule has 4 heteroatoms. The molecule has 0 aromatic heterocycles. The third kappa shape index (κ3) is 3.65. The summed E-state index contributed by atoms with van der Waals surface area (Å²) in [5.74, 6) is -0.207. The fourth-order valence-electron chi connectivity index (χ4n) is 1.74. The van der Waals surface area contributed by atoms with Crippen LogP contribution in [0, 0.1) is 13.8 Å². The van der Waals surface area contributed by atoms with Crippen LogP contribution in [0.1, 0.15) is 21.5 Å². The minimum Gasteiger partial charge on any atom is -0.332 e. The quantitative estimate of drug-likeness (QED) is 0.830. The van der Waals surface area contributed by atoms with Gasteiger partial charge >= 0.3 is 0 Å². The summed E-state index contributed by atoms with van der Waals surface area (Å²) in [5.41, 5.74) is 3.69. The maximum Gasteiger partial charge on any atom is 0.257 e. The first-order valence-electron chi connectivity index (χ1n) is 6.31. The van der Waals surface area contributed by atoms with E-state index in [9.17, 15) is 4.79 Å². The minimum atomic E-state index is -0.207. The normalized spacial score (nSPS) is 9.90. The fourth-order valence-corrected chi connectivity index (χ4v) is 1.95. The van der Waals surface area contributed by atoms with E-state index in [-0.39, 0.29) is 5.91 Å². The highest BCUT2D eigenvalue weighted by Crippen LogP contribution is 2.10. The molecule has 102 valence electrons. The molecule has 0 aliphatic carbocycles. The van der Waals surface area contributed by atoms with E-state index in [1.54, 1.807) is 6.07 Å². The molecule has 0 fully saturated rings. The Morgan fingerprint density at radius 3 is 2.35 bits per heavy atom. The van der Waals surface area contributed by atoms with Gasteiger partial charge in [-0.15, -0.1) is 0 Å². The average Bonchev–Trinajstić information content (AvgIpc) is 2.42. The molecule has 2 aromatic rings. The van der Waals surface area contributed by atoms with Crippen molar-refractivity contribution in [1.82, 2.24) is 5.32 Å². The Hall–Kier alpha value is -2.20. The lowest BCUT2D eigenvalue weighted by atomic mass is 10.1. The van der Waals surface area contributed by atoms with Gasteiger partial charge in [0.15, 0.2) is 5.11 Å². The van der Waals surface area contributed by atoms with Crippen molar-refractivity contribution in [2.24, 2.45) is 0 Å². The summed E-state index contributed by atoms with van der Waals surface area (Å²) >= 11 is 5.13. The molecule has 2 rings (SSSR count).